The van der Waals surface area contributed by atoms with Gasteiger partial charge in [-0.3, -0.25) is 14.4 Å². The lowest BCUT2D eigenvalue weighted by Crippen LogP contribution is -2.56. The summed E-state index contributed by atoms with van der Waals surface area (Å²) in [5, 5.41) is 2.74. The van der Waals surface area contributed by atoms with Gasteiger partial charge >= 0.3 is 11.8 Å². The Morgan fingerprint density at radius 1 is 1.12 bits per heavy atom. The van der Waals surface area contributed by atoms with Gasteiger partial charge in [0.2, 0.25) is 12.7 Å². The molecule has 8 heteroatoms. The summed E-state index contributed by atoms with van der Waals surface area (Å²) in [7, 11) is 0. The average Bonchev–Trinajstić information content (AvgIpc) is 3.05. The molecule has 1 aromatic rings. The second-order valence-corrected chi connectivity index (χ2v) is 5.58. The number of carbonyl (C=O) groups is 3. The van der Waals surface area contributed by atoms with Gasteiger partial charge in [0.15, 0.2) is 11.5 Å². The van der Waals surface area contributed by atoms with Gasteiger partial charge in [-0.05, 0) is 24.6 Å². The van der Waals surface area contributed by atoms with Crippen LogP contribution in [-0.4, -0.2) is 60.5 Å². The van der Waals surface area contributed by atoms with E-state index in [0.29, 0.717) is 37.7 Å². The van der Waals surface area contributed by atoms with Crippen LogP contribution < -0.4 is 14.8 Å². The predicted molar refractivity (Wildman–Crippen MR) is 83.2 cm³/mol. The molecule has 1 N–H and O–H groups in total. The Labute approximate surface area is 139 Å². The number of ether oxygens (including phenoxy) is 2. The molecule has 0 saturated carbocycles. The van der Waals surface area contributed by atoms with Crippen LogP contribution in [0, 0.1) is 0 Å². The van der Waals surface area contributed by atoms with Crippen molar-refractivity contribution in [3.8, 4) is 11.5 Å². The van der Waals surface area contributed by atoms with Crippen molar-refractivity contribution in [1.29, 1.82) is 0 Å². The highest BCUT2D eigenvalue weighted by molar-refractivity contribution is 6.35. The van der Waals surface area contributed by atoms with E-state index in [1.165, 1.54) is 9.80 Å². The first-order chi connectivity index (χ1) is 11.6. The van der Waals surface area contributed by atoms with Crippen LogP contribution in [0.3, 0.4) is 0 Å². The molecule has 0 radical (unpaired) electrons. The van der Waals surface area contributed by atoms with Crippen LogP contribution in [-0.2, 0) is 20.9 Å². The van der Waals surface area contributed by atoms with E-state index in [2.05, 4.69) is 5.32 Å². The van der Waals surface area contributed by atoms with Gasteiger partial charge in [0.05, 0.1) is 0 Å². The van der Waals surface area contributed by atoms with E-state index >= 15 is 0 Å². The van der Waals surface area contributed by atoms with E-state index < -0.39 is 11.8 Å². The van der Waals surface area contributed by atoms with Crippen molar-refractivity contribution < 1.29 is 23.9 Å². The minimum atomic E-state index is -0.624. The van der Waals surface area contributed by atoms with Crippen molar-refractivity contribution in [2.75, 3.05) is 33.0 Å². The zero-order chi connectivity index (χ0) is 17.1. The van der Waals surface area contributed by atoms with Crippen LogP contribution in [0.5, 0.6) is 11.5 Å². The van der Waals surface area contributed by atoms with E-state index in [4.69, 9.17) is 9.47 Å². The first kappa shape index (κ1) is 16.1. The van der Waals surface area contributed by atoms with E-state index in [1.54, 1.807) is 12.1 Å². The number of fused-ring (bicyclic) bond motifs is 1. The average molecular weight is 333 g/mol. The maximum atomic E-state index is 12.0. The lowest BCUT2D eigenvalue weighted by Gasteiger charge is -2.32. The Morgan fingerprint density at radius 3 is 2.62 bits per heavy atom. The maximum absolute atomic E-state index is 12.0. The third-order valence-electron chi connectivity index (χ3n) is 4.04. The van der Waals surface area contributed by atoms with Crippen molar-refractivity contribution in [3.63, 3.8) is 0 Å². The molecule has 0 spiro atoms. The Balaban J connectivity index is 1.51. The third kappa shape index (κ3) is 3.27. The number of amides is 3. The second kappa shape index (κ2) is 6.77. The van der Waals surface area contributed by atoms with Crippen molar-refractivity contribution >= 4 is 17.7 Å². The quantitative estimate of drug-likeness (QED) is 0.749. The molecule has 0 aliphatic carbocycles. The van der Waals surface area contributed by atoms with Crippen LogP contribution in [0.15, 0.2) is 18.2 Å². The van der Waals surface area contributed by atoms with Gasteiger partial charge in [0.1, 0.15) is 6.54 Å². The Bertz CT molecular complexity index is 676. The fourth-order valence-electron chi connectivity index (χ4n) is 2.65. The van der Waals surface area contributed by atoms with Crippen molar-refractivity contribution in [2.24, 2.45) is 0 Å². The SMILES string of the molecule is CCN1CCN(CC(=O)NCc2ccc3c(c2)OCO3)C(=O)C1=O. The number of piperazine rings is 1. The standard InChI is InChI=1S/C16H19N3O5/c1-2-18-5-6-19(16(22)15(18)21)9-14(20)17-8-11-3-4-12-13(7-11)24-10-23-12/h3-4,7H,2,5-6,8-10H2,1H3,(H,17,20). The van der Waals surface area contributed by atoms with Crippen LogP contribution in [0.2, 0.25) is 0 Å². The molecule has 2 aliphatic rings. The summed E-state index contributed by atoms with van der Waals surface area (Å²) in [6, 6.07) is 5.43. The van der Waals surface area contributed by atoms with E-state index in [-0.39, 0.29) is 19.2 Å². The van der Waals surface area contributed by atoms with Crippen molar-refractivity contribution in [3.05, 3.63) is 23.8 Å². The van der Waals surface area contributed by atoms with Crippen molar-refractivity contribution in [1.82, 2.24) is 15.1 Å². The third-order valence-corrected chi connectivity index (χ3v) is 4.04. The van der Waals surface area contributed by atoms with E-state index in [0.717, 1.165) is 5.56 Å². The zero-order valence-electron chi connectivity index (χ0n) is 13.4. The highest BCUT2D eigenvalue weighted by Gasteiger charge is 2.32. The van der Waals surface area contributed by atoms with Gasteiger partial charge in [0, 0.05) is 26.2 Å². The number of hydrogen-bond acceptors (Lipinski definition) is 5. The smallest absolute Gasteiger partial charge is 0.312 e. The van der Waals surface area contributed by atoms with Gasteiger partial charge in [0.25, 0.3) is 0 Å². The molecule has 1 saturated heterocycles. The van der Waals surface area contributed by atoms with Crippen LogP contribution in [0.25, 0.3) is 0 Å². The lowest BCUT2D eigenvalue weighted by molar-refractivity contribution is -0.156. The molecule has 1 fully saturated rings. The predicted octanol–water partition coefficient (Wildman–Crippen LogP) is -0.278. The number of likely N-dealkylation sites (N-methyl/N-ethyl adjacent to an activating group) is 1. The van der Waals surface area contributed by atoms with Crippen LogP contribution in [0.1, 0.15) is 12.5 Å². The number of carbonyl (C=O) groups excluding carboxylic acids is 3. The zero-order valence-corrected chi connectivity index (χ0v) is 13.4. The number of hydrogen-bond donors (Lipinski definition) is 1. The van der Waals surface area contributed by atoms with E-state index in [1.807, 2.05) is 13.0 Å². The molecule has 128 valence electrons. The molecule has 2 aliphatic heterocycles. The maximum Gasteiger partial charge on any atom is 0.312 e. The normalized spacial score (nSPS) is 16.5. The first-order valence-electron chi connectivity index (χ1n) is 7.82. The molecule has 24 heavy (non-hydrogen) atoms. The summed E-state index contributed by atoms with van der Waals surface area (Å²) in [4.78, 5) is 38.6. The Morgan fingerprint density at radius 2 is 1.83 bits per heavy atom. The number of nitrogens with zero attached hydrogens (tertiary/aromatic N) is 2. The van der Waals surface area contributed by atoms with Crippen LogP contribution in [0.4, 0.5) is 0 Å². The molecule has 0 unspecified atom stereocenters. The topological polar surface area (TPSA) is 88.2 Å². The molecular weight excluding hydrogens is 314 g/mol. The molecule has 1 aromatic carbocycles. The Hall–Kier alpha value is -2.77. The fraction of sp³-hybridized carbons (Fsp3) is 0.438. The van der Waals surface area contributed by atoms with Crippen LogP contribution >= 0.6 is 0 Å². The molecule has 3 rings (SSSR count). The minimum Gasteiger partial charge on any atom is -0.454 e. The molecule has 0 bridgehead atoms. The van der Waals surface area contributed by atoms with E-state index in [9.17, 15) is 14.4 Å². The lowest BCUT2D eigenvalue weighted by atomic mass is 10.2. The van der Waals surface area contributed by atoms with Crippen molar-refractivity contribution in [2.45, 2.75) is 13.5 Å². The summed E-state index contributed by atoms with van der Waals surface area (Å²) < 4.78 is 10.5. The largest absolute Gasteiger partial charge is 0.454 e. The molecule has 8 nitrogen and oxygen atoms in total. The number of nitrogens with one attached hydrogen (secondary N) is 1. The van der Waals surface area contributed by atoms with Gasteiger partial charge in [-0.15, -0.1) is 0 Å². The first-order valence-corrected chi connectivity index (χ1v) is 7.82. The summed E-state index contributed by atoms with van der Waals surface area (Å²) in [6.45, 7) is 3.53. The monoisotopic (exact) mass is 333 g/mol. The Kier molecular flexibility index (Phi) is 4.54. The molecule has 0 aromatic heterocycles. The fourth-order valence-corrected chi connectivity index (χ4v) is 2.65. The second-order valence-electron chi connectivity index (χ2n) is 5.58. The highest BCUT2D eigenvalue weighted by atomic mass is 16.7. The number of rotatable bonds is 5. The highest BCUT2D eigenvalue weighted by Crippen LogP contribution is 2.32. The van der Waals surface area contributed by atoms with Gasteiger partial charge < -0.3 is 24.6 Å². The molecule has 3 amide bonds. The molecule has 0 atom stereocenters. The molecular formula is C16H19N3O5. The summed E-state index contributed by atoms with van der Waals surface area (Å²) in [6.07, 6.45) is 0. The number of benzene rings is 1. The van der Waals surface area contributed by atoms with Gasteiger partial charge in [-0.1, -0.05) is 6.07 Å². The minimum absolute atomic E-state index is 0.118. The summed E-state index contributed by atoms with van der Waals surface area (Å²) in [5.74, 6) is -0.145. The van der Waals surface area contributed by atoms with Gasteiger partial charge in [-0.25, -0.2) is 0 Å². The summed E-state index contributed by atoms with van der Waals surface area (Å²) in [5.41, 5.74) is 0.866. The molecule has 2 heterocycles. The van der Waals surface area contributed by atoms with Gasteiger partial charge in [-0.2, -0.15) is 0 Å². The summed E-state index contributed by atoms with van der Waals surface area (Å²) >= 11 is 0.